The summed E-state index contributed by atoms with van der Waals surface area (Å²) in [6.07, 6.45) is 0. The predicted octanol–water partition coefficient (Wildman–Crippen LogP) is 4.54. The monoisotopic (exact) mass is 446 g/mol. The first-order valence-corrected chi connectivity index (χ1v) is 11.4. The van der Waals surface area contributed by atoms with E-state index in [9.17, 15) is 13.2 Å². The summed E-state index contributed by atoms with van der Waals surface area (Å²) in [6.45, 7) is 4.00. The molecule has 30 heavy (non-hydrogen) atoms. The van der Waals surface area contributed by atoms with E-state index in [-0.39, 0.29) is 22.2 Å². The van der Waals surface area contributed by atoms with E-state index in [1.54, 1.807) is 19.9 Å². The first kappa shape index (κ1) is 22.1. The summed E-state index contributed by atoms with van der Waals surface area (Å²) in [7, 11) is -3.66. The number of carbonyl (C=O) groups excluding carboxylic acids is 1. The molecule has 3 aromatic rings. The zero-order chi connectivity index (χ0) is 21.7. The summed E-state index contributed by atoms with van der Waals surface area (Å²) in [5.74, 6) is 0.121. The van der Waals surface area contributed by atoms with Gasteiger partial charge in [-0.2, -0.15) is 4.31 Å². The number of ether oxygens (including phenoxy) is 1. The van der Waals surface area contributed by atoms with Gasteiger partial charge >= 0.3 is 0 Å². The Morgan fingerprint density at radius 3 is 2.40 bits per heavy atom. The molecule has 0 unspecified atom stereocenters. The van der Waals surface area contributed by atoms with Crippen molar-refractivity contribution in [3.05, 3.63) is 65.7 Å². The number of hydrogen-bond acceptors (Lipinski definition) is 4. The van der Waals surface area contributed by atoms with E-state index in [1.807, 2.05) is 36.4 Å². The van der Waals surface area contributed by atoms with Crippen molar-refractivity contribution in [2.45, 2.75) is 18.7 Å². The Hall–Kier alpha value is -2.61. The number of sulfonamides is 1. The Kier molecular flexibility index (Phi) is 6.97. The molecule has 0 aliphatic carbocycles. The average molecular weight is 447 g/mol. The van der Waals surface area contributed by atoms with Crippen molar-refractivity contribution in [2.75, 3.05) is 25.0 Å². The molecule has 0 saturated heterocycles. The van der Waals surface area contributed by atoms with Crippen LogP contribution < -0.4 is 10.1 Å². The molecule has 0 saturated carbocycles. The number of anilines is 1. The van der Waals surface area contributed by atoms with E-state index in [0.29, 0.717) is 18.8 Å². The summed E-state index contributed by atoms with van der Waals surface area (Å²) in [5.41, 5.74) is 0.219. The number of rotatable bonds is 8. The van der Waals surface area contributed by atoms with E-state index < -0.39 is 15.9 Å². The molecule has 1 N–H and O–H groups in total. The summed E-state index contributed by atoms with van der Waals surface area (Å²) >= 11 is 6.16. The van der Waals surface area contributed by atoms with Gasteiger partial charge < -0.3 is 10.1 Å². The molecular weight excluding hydrogens is 424 g/mol. The maximum atomic E-state index is 12.7. The maximum absolute atomic E-state index is 12.7. The number of amides is 1. The maximum Gasteiger partial charge on any atom is 0.262 e. The topological polar surface area (TPSA) is 75.7 Å². The van der Waals surface area contributed by atoms with Crippen LogP contribution in [0.5, 0.6) is 5.75 Å². The van der Waals surface area contributed by atoms with Gasteiger partial charge in [0.25, 0.3) is 5.91 Å². The molecule has 0 aromatic heterocycles. The quantitative estimate of drug-likeness (QED) is 0.551. The molecule has 1 amide bonds. The van der Waals surface area contributed by atoms with Gasteiger partial charge in [0.1, 0.15) is 5.75 Å². The molecule has 0 bridgehead atoms. The van der Waals surface area contributed by atoms with Gasteiger partial charge in [-0.25, -0.2) is 8.42 Å². The van der Waals surface area contributed by atoms with Gasteiger partial charge in [-0.05, 0) is 41.1 Å². The second-order valence-corrected chi connectivity index (χ2v) is 8.92. The van der Waals surface area contributed by atoms with Gasteiger partial charge in [0.15, 0.2) is 6.61 Å². The molecule has 6 nitrogen and oxygen atoms in total. The van der Waals surface area contributed by atoms with Crippen LogP contribution in [0.2, 0.25) is 5.02 Å². The van der Waals surface area contributed by atoms with E-state index in [2.05, 4.69) is 5.32 Å². The Morgan fingerprint density at radius 2 is 1.70 bits per heavy atom. The van der Waals surface area contributed by atoms with Crippen molar-refractivity contribution < 1.29 is 17.9 Å². The van der Waals surface area contributed by atoms with Crippen LogP contribution in [0.4, 0.5) is 5.69 Å². The minimum atomic E-state index is -3.66. The molecule has 0 spiro atoms. The van der Waals surface area contributed by atoms with Gasteiger partial charge in [-0.1, -0.05) is 55.8 Å². The van der Waals surface area contributed by atoms with Gasteiger partial charge in [-0.15, -0.1) is 0 Å². The van der Waals surface area contributed by atoms with Crippen LogP contribution in [0.25, 0.3) is 10.8 Å². The minimum absolute atomic E-state index is 0.0707. The summed E-state index contributed by atoms with van der Waals surface area (Å²) < 4.78 is 32.3. The molecule has 0 fully saturated rings. The highest BCUT2D eigenvalue weighted by Crippen LogP contribution is 2.27. The predicted molar refractivity (Wildman–Crippen MR) is 120 cm³/mol. The number of benzene rings is 3. The van der Waals surface area contributed by atoms with Gasteiger partial charge in [0.2, 0.25) is 10.0 Å². The highest BCUT2D eigenvalue weighted by atomic mass is 35.5. The molecule has 0 atom stereocenters. The van der Waals surface area contributed by atoms with E-state index in [4.69, 9.17) is 16.3 Å². The Labute approximate surface area is 181 Å². The summed E-state index contributed by atoms with van der Waals surface area (Å²) in [6, 6.07) is 17.7. The highest BCUT2D eigenvalue weighted by Gasteiger charge is 2.22. The van der Waals surface area contributed by atoms with Crippen molar-refractivity contribution in [3.8, 4) is 5.75 Å². The third-order valence-electron chi connectivity index (χ3n) is 4.65. The molecule has 0 aliphatic rings. The first-order chi connectivity index (χ1) is 14.3. The lowest BCUT2D eigenvalue weighted by Crippen LogP contribution is -2.30. The van der Waals surface area contributed by atoms with Crippen LogP contribution in [0.15, 0.2) is 65.6 Å². The van der Waals surface area contributed by atoms with Gasteiger partial charge in [-0.3, -0.25) is 4.79 Å². The van der Waals surface area contributed by atoms with Crippen molar-refractivity contribution in [1.82, 2.24) is 4.31 Å². The first-order valence-electron chi connectivity index (χ1n) is 9.56. The molecule has 3 aromatic carbocycles. The third kappa shape index (κ3) is 4.92. The normalized spacial score (nSPS) is 11.6. The Morgan fingerprint density at radius 1 is 1.00 bits per heavy atom. The molecule has 8 heteroatoms. The molecule has 0 heterocycles. The van der Waals surface area contributed by atoms with E-state index in [0.717, 1.165) is 10.8 Å². The number of nitrogens with zero attached hydrogens (tertiary/aromatic N) is 1. The Balaban J connectivity index is 1.71. The second kappa shape index (κ2) is 9.47. The van der Waals surface area contributed by atoms with Gasteiger partial charge in [0, 0.05) is 13.1 Å². The number of nitrogens with one attached hydrogen (secondary N) is 1. The summed E-state index contributed by atoms with van der Waals surface area (Å²) in [5, 5.41) is 4.95. The SMILES string of the molecule is CCN(CC)S(=O)(=O)c1ccc(Cl)c(NC(=O)COc2ccc3ccccc3c2)c1. The van der Waals surface area contributed by atoms with Crippen LogP contribution >= 0.6 is 11.6 Å². The van der Waals surface area contributed by atoms with Crippen LogP contribution in [0, 0.1) is 0 Å². The fraction of sp³-hybridized carbons (Fsp3) is 0.227. The number of carbonyl (C=O) groups is 1. The van der Waals surface area contributed by atoms with Crippen LogP contribution in [0.3, 0.4) is 0 Å². The lowest BCUT2D eigenvalue weighted by molar-refractivity contribution is -0.118. The fourth-order valence-electron chi connectivity index (χ4n) is 3.07. The number of hydrogen-bond donors (Lipinski definition) is 1. The molecule has 158 valence electrons. The minimum Gasteiger partial charge on any atom is -0.484 e. The lowest BCUT2D eigenvalue weighted by Gasteiger charge is -2.19. The highest BCUT2D eigenvalue weighted by molar-refractivity contribution is 7.89. The molecule has 0 aliphatic heterocycles. The molecule has 0 radical (unpaired) electrons. The van der Waals surface area contributed by atoms with Crippen molar-refractivity contribution in [3.63, 3.8) is 0 Å². The van der Waals surface area contributed by atoms with Crippen molar-refractivity contribution in [1.29, 1.82) is 0 Å². The van der Waals surface area contributed by atoms with Crippen LogP contribution in [-0.4, -0.2) is 38.3 Å². The second-order valence-electron chi connectivity index (χ2n) is 6.58. The van der Waals surface area contributed by atoms with Crippen LogP contribution in [-0.2, 0) is 14.8 Å². The summed E-state index contributed by atoms with van der Waals surface area (Å²) in [4.78, 5) is 12.4. The molecular formula is C22H23ClN2O4S. The van der Waals surface area contributed by atoms with E-state index >= 15 is 0 Å². The molecule has 3 rings (SSSR count). The van der Waals surface area contributed by atoms with Crippen molar-refractivity contribution >= 4 is 44.0 Å². The fourth-order valence-corrected chi connectivity index (χ4v) is 4.72. The van der Waals surface area contributed by atoms with Crippen LogP contribution in [0.1, 0.15) is 13.8 Å². The van der Waals surface area contributed by atoms with Gasteiger partial charge in [0.05, 0.1) is 15.6 Å². The Bertz CT molecular complexity index is 1160. The number of halogens is 1. The lowest BCUT2D eigenvalue weighted by atomic mass is 10.1. The standard InChI is InChI=1S/C22H23ClN2O4S/c1-3-25(4-2)30(27,28)19-11-12-20(23)21(14-19)24-22(26)15-29-18-10-9-16-7-5-6-8-17(16)13-18/h5-14H,3-4,15H2,1-2H3,(H,24,26). The zero-order valence-corrected chi connectivity index (χ0v) is 18.3. The average Bonchev–Trinajstić information content (AvgIpc) is 2.74. The third-order valence-corrected chi connectivity index (χ3v) is 7.02. The number of fused-ring (bicyclic) bond motifs is 1. The van der Waals surface area contributed by atoms with E-state index in [1.165, 1.54) is 22.5 Å². The smallest absolute Gasteiger partial charge is 0.262 e. The van der Waals surface area contributed by atoms with Crippen molar-refractivity contribution in [2.24, 2.45) is 0 Å². The largest absolute Gasteiger partial charge is 0.484 e. The zero-order valence-electron chi connectivity index (χ0n) is 16.8.